The zero-order valence-electron chi connectivity index (χ0n) is 22.8. The first-order chi connectivity index (χ1) is 16.5. The van der Waals surface area contributed by atoms with Crippen LogP contribution in [0.1, 0.15) is 162 Å². The van der Waals surface area contributed by atoms with Crippen molar-refractivity contribution < 1.29 is 17.2 Å². The van der Waals surface area contributed by atoms with E-state index in [4.69, 9.17) is 4.55 Å². The highest BCUT2D eigenvalue weighted by atomic mass is 32.3. The van der Waals surface area contributed by atoms with Crippen LogP contribution in [0, 0.1) is 5.92 Å². The molecule has 1 unspecified atom stereocenters. The van der Waals surface area contributed by atoms with Gasteiger partial charge in [-0.3, -0.25) is 4.55 Å². The summed E-state index contributed by atoms with van der Waals surface area (Å²) in [5.74, 6) is 0.0595. The Kier molecular flexibility index (Phi) is 25.4. The highest BCUT2D eigenvalue weighted by Crippen LogP contribution is 2.17. The van der Waals surface area contributed by atoms with Crippen LogP contribution in [0.15, 0.2) is 12.2 Å². The van der Waals surface area contributed by atoms with Gasteiger partial charge in [-0.2, -0.15) is 8.42 Å². The molecule has 0 aromatic heterocycles. The standard InChI is InChI=1S/C29H58O4S/c1-3-5-7-9-11-12-13-14-15-16-17-18-19-21-23-25-27-29(28-33-34(30,31)32)26-24-22-20-10-8-6-4-2/h24,26,29H,3-23,25,27-28H2,1-2H3,(H,30,31,32)/b26-24+. The summed E-state index contributed by atoms with van der Waals surface area (Å²) < 4.78 is 35.4. The molecule has 0 saturated carbocycles. The molecule has 0 aliphatic carbocycles. The molecule has 1 N–H and O–H groups in total. The van der Waals surface area contributed by atoms with E-state index in [2.05, 4.69) is 30.2 Å². The normalized spacial score (nSPS) is 13.1. The first-order valence-corrected chi connectivity index (χ1v) is 16.1. The van der Waals surface area contributed by atoms with E-state index in [1.807, 2.05) is 0 Å². The molecule has 0 aromatic rings. The van der Waals surface area contributed by atoms with Crippen LogP contribution in [0.25, 0.3) is 0 Å². The van der Waals surface area contributed by atoms with Crippen LogP contribution in [-0.2, 0) is 14.6 Å². The van der Waals surface area contributed by atoms with Gasteiger partial charge < -0.3 is 0 Å². The summed E-state index contributed by atoms with van der Waals surface area (Å²) in [5.41, 5.74) is 0. The lowest BCUT2D eigenvalue weighted by Crippen LogP contribution is -2.12. The number of allylic oxidation sites excluding steroid dienone is 1. The molecule has 0 aromatic carbocycles. The molecule has 0 bridgehead atoms. The van der Waals surface area contributed by atoms with Gasteiger partial charge in [0.1, 0.15) is 0 Å². The van der Waals surface area contributed by atoms with E-state index in [9.17, 15) is 8.42 Å². The Balaban J connectivity index is 3.71. The fraction of sp³-hybridized carbons (Fsp3) is 0.931. The summed E-state index contributed by atoms with van der Waals surface area (Å²) >= 11 is 0. The first kappa shape index (κ1) is 33.6. The molecule has 0 radical (unpaired) electrons. The Morgan fingerprint density at radius 2 is 1.00 bits per heavy atom. The molecule has 0 amide bonds. The van der Waals surface area contributed by atoms with E-state index in [0.29, 0.717) is 0 Å². The van der Waals surface area contributed by atoms with E-state index < -0.39 is 10.4 Å². The van der Waals surface area contributed by atoms with Gasteiger partial charge in [0.05, 0.1) is 6.61 Å². The van der Waals surface area contributed by atoms with E-state index in [1.165, 1.54) is 128 Å². The lowest BCUT2D eigenvalue weighted by Gasteiger charge is -2.12. The zero-order chi connectivity index (χ0) is 25.2. The van der Waals surface area contributed by atoms with Gasteiger partial charge in [-0.1, -0.05) is 154 Å². The van der Waals surface area contributed by atoms with E-state index in [1.54, 1.807) is 0 Å². The second-order valence-electron chi connectivity index (χ2n) is 10.2. The second-order valence-corrected chi connectivity index (χ2v) is 11.3. The highest BCUT2D eigenvalue weighted by molar-refractivity contribution is 7.80. The van der Waals surface area contributed by atoms with Gasteiger partial charge in [-0.25, -0.2) is 4.18 Å². The van der Waals surface area contributed by atoms with Crippen LogP contribution in [0.4, 0.5) is 0 Å². The van der Waals surface area contributed by atoms with Crippen molar-refractivity contribution in [2.45, 2.75) is 162 Å². The van der Waals surface area contributed by atoms with Gasteiger partial charge in [0.2, 0.25) is 0 Å². The van der Waals surface area contributed by atoms with Crippen LogP contribution in [0.2, 0.25) is 0 Å². The number of hydrogen-bond acceptors (Lipinski definition) is 3. The van der Waals surface area contributed by atoms with Crippen molar-refractivity contribution >= 4 is 10.4 Å². The molecule has 34 heavy (non-hydrogen) atoms. The number of unbranched alkanes of at least 4 members (excludes halogenated alkanes) is 20. The van der Waals surface area contributed by atoms with Gasteiger partial charge in [0.25, 0.3) is 0 Å². The maximum Gasteiger partial charge on any atom is 0.397 e. The Bertz CT molecular complexity index is 530. The molecule has 4 nitrogen and oxygen atoms in total. The van der Waals surface area contributed by atoms with Crippen molar-refractivity contribution in [2.24, 2.45) is 5.92 Å². The van der Waals surface area contributed by atoms with Crippen molar-refractivity contribution in [2.75, 3.05) is 6.61 Å². The molecular weight excluding hydrogens is 444 g/mol. The number of hydrogen-bond donors (Lipinski definition) is 1. The Morgan fingerprint density at radius 3 is 1.41 bits per heavy atom. The molecule has 204 valence electrons. The molecule has 0 spiro atoms. The lowest BCUT2D eigenvalue weighted by molar-refractivity contribution is 0.234. The predicted octanol–water partition coefficient (Wildman–Crippen LogP) is 9.99. The van der Waals surface area contributed by atoms with E-state index in [0.717, 1.165) is 19.3 Å². The Labute approximate surface area is 213 Å². The Morgan fingerprint density at radius 1 is 0.618 bits per heavy atom. The summed E-state index contributed by atoms with van der Waals surface area (Å²) in [6.45, 7) is 4.54. The molecule has 0 rings (SSSR count). The number of rotatable bonds is 27. The van der Waals surface area contributed by atoms with Crippen molar-refractivity contribution in [1.29, 1.82) is 0 Å². The quantitative estimate of drug-likeness (QED) is 0.0689. The summed E-state index contributed by atoms with van der Waals surface area (Å²) in [5, 5.41) is 0. The molecule has 1 atom stereocenters. The third-order valence-corrected chi connectivity index (χ3v) is 7.18. The van der Waals surface area contributed by atoms with Gasteiger partial charge in [0.15, 0.2) is 0 Å². The summed E-state index contributed by atoms with van der Waals surface area (Å²) in [6, 6.07) is 0. The smallest absolute Gasteiger partial charge is 0.264 e. The van der Waals surface area contributed by atoms with Crippen LogP contribution < -0.4 is 0 Å². The fourth-order valence-electron chi connectivity index (χ4n) is 4.52. The highest BCUT2D eigenvalue weighted by Gasteiger charge is 2.11. The summed E-state index contributed by atoms with van der Waals surface area (Å²) in [6.07, 6.45) is 34.1. The minimum atomic E-state index is -4.36. The van der Waals surface area contributed by atoms with Gasteiger partial charge in [0, 0.05) is 5.92 Å². The second kappa shape index (κ2) is 25.7. The topological polar surface area (TPSA) is 63.6 Å². The monoisotopic (exact) mass is 502 g/mol. The summed E-state index contributed by atoms with van der Waals surface area (Å²) in [7, 11) is -4.36. The SMILES string of the molecule is CCCCCCC/C=C/C(CCCCCCCCCCCCCCCCCC)COS(=O)(=O)O. The molecule has 0 saturated heterocycles. The minimum absolute atomic E-state index is 0.0455. The predicted molar refractivity (Wildman–Crippen MR) is 148 cm³/mol. The van der Waals surface area contributed by atoms with Crippen LogP contribution >= 0.6 is 0 Å². The van der Waals surface area contributed by atoms with Gasteiger partial charge in [-0.05, 0) is 19.3 Å². The van der Waals surface area contributed by atoms with Crippen molar-refractivity contribution in [3.05, 3.63) is 12.2 Å². The minimum Gasteiger partial charge on any atom is -0.264 e. The van der Waals surface area contributed by atoms with Crippen molar-refractivity contribution in [3.8, 4) is 0 Å². The molecule has 5 heteroatoms. The van der Waals surface area contributed by atoms with E-state index in [-0.39, 0.29) is 12.5 Å². The van der Waals surface area contributed by atoms with Crippen molar-refractivity contribution in [3.63, 3.8) is 0 Å². The molecule has 0 heterocycles. The zero-order valence-corrected chi connectivity index (χ0v) is 23.6. The van der Waals surface area contributed by atoms with E-state index >= 15 is 0 Å². The average Bonchev–Trinajstić information content (AvgIpc) is 2.80. The molecule has 0 aliphatic rings. The maximum atomic E-state index is 10.9. The third kappa shape index (κ3) is 27.9. The molecule has 0 aliphatic heterocycles. The largest absolute Gasteiger partial charge is 0.397 e. The maximum absolute atomic E-state index is 10.9. The van der Waals surface area contributed by atoms with Crippen molar-refractivity contribution in [1.82, 2.24) is 0 Å². The van der Waals surface area contributed by atoms with Crippen LogP contribution in [0.3, 0.4) is 0 Å². The van der Waals surface area contributed by atoms with Crippen LogP contribution in [0.5, 0.6) is 0 Å². The van der Waals surface area contributed by atoms with Crippen LogP contribution in [-0.4, -0.2) is 19.6 Å². The first-order valence-electron chi connectivity index (χ1n) is 14.8. The molecular formula is C29H58O4S. The van der Waals surface area contributed by atoms with Gasteiger partial charge in [-0.15, -0.1) is 0 Å². The fourth-order valence-corrected chi connectivity index (χ4v) is 4.86. The average molecular weight is 503 g/mol. The third-order valence-electron chi connectivity index (χ3n) is 6.74. The lowest BCUT2D eigenvalue weighted by atomic mass is 9.99. The summed E-state index contributed by atoms with van der Waals surface area (Å²) in [4.78, 5) is 0. The molecule has 0 fully saturated rings. The Hall–Kier alpha value is -0.390. The van der Waals surface area contributed by atoms with Gasteiger partial charge >= 0.3 is 10.4 Å².